The van der Waals surface area contributed by atoms with E-state index in [1.165, 1.54) is 0 Å². The molecule has 1 heterocycles. The first-order chi connectivity index (χ1) is 7.04. The van der Waals surface area contributed by atoms with Gasteiger partial charge in [0.2, 0.25) is 0 Å². The van der Waals surface area contributed by atoms with Crippen LogP contribution in [0.5, 0.6) is 0 Å². The molecule has 0 radical (unpaired) electrons. The van der Waals surface area contributed by atoms with Gasteiger partial charge in [-0.25, -0.2) is 0 Å². The number of hydrogen-bond acceptors (Lipinski definition) is 2. The first kappa shape index (κ1) is 10.6. The van der Waals surface area contributed by atoms with Gasteiger partial charge in [-0.05, 0) is 33.6 Å². The molecular weight excluding hydrogens is 256 g/mol. The van der Waals surface area contributed by atoms with Crippen LogP contribution in [0.15, 0.2) is 22.8 Å². The van der Waals surface area contributed by atoms with E-state index in [4.69, 9.17) is 0 Å². The van der Waals surface area contributed by atoms with E-state index < -0.39 is 0 Å². The Labute approximate surface area is 96.6 Å². The number of halogens is 1. The zero-order valence-corrected chi connectivity index (χ0v) is 10.3. The summed E-state index contributed by atoms with van der Waals surface area (Å²) in [5, 5.41) is 17.4. The highest BCUT2D eigenvalue weighted by atomic mass is 79.9. The molecular formula is C11H13BrN2O. The van der Waals surface area contributed by atoms with Crippen molar-refractivity contribution in [1.82, 2.24) is 10.2 Å². The van der Waals surface area contributed by atoms with Crippen LogP contribution in [0.3, 0.4) is 0 Å². The van der Waals surface area contributed by atoms with Crippen molar-refractivity contribution in [3.05, 3.63) is 28.4 Å². The summed E-state index contributed by atoms with van der Waals surface area (Å²) in [4.78, 5) is 0. The van der Waals surface area contributed by atoms with Crippen molar-refractivity contribution in [2.75, 3.05) is 6.61 Å². The number of H-pyrrole nitrogens is 1. The van der Waals surface area contributed by atoms with Gasteiger partial charge in [-0.3, -0.25) is 5.10 Å². The number of nitrogens with one attached hydrogen (secondary N) is 1. The van der Waals surface area contributed by atoms with Gasteiger partial charge in [-0.2, -0.15) is 5.10 Å². The fourth-order valence-electron chi connectivity index (χ4n) is 1.49. The molecule has 0 aliphatic rings. The molecule has 0 saturated heterocycles. The van der Waals surface area contributed by atoms with Gasteiger partial charge < -0.3 is 5.11 Å². The number of benzene rings is 1. The van der Waals surface area contributed by atoms with Crippen molar-refractivity contribution in [2.45, 2.75) is 19.3 Å². The Balaban J connectivity index is 2.59. The standard InChI is InChI=1S/C11H13BrN2O/c1-11(2,6-15)7-3-4-9-8(5-7)10(12)14-13-9/h3-5,15H,6H2,1-2H3,(H,13,14). The Morgan fingerprint density at radius 2 is 2.20 bits per heavy atom. The molecule has 1 aromatic heterocycles. The average Bonchev–Trinajstić information content (AvgIpc) is 2.60. The van der Waals surface area contributed by atoms with E-state index in [-0.39, 0.29) is 12.0 Å². The van der Waals surface area contributed by atoms with Crippen molar-refractivity contribution in [2.24, 2.45) is 0 Å². The third-order valence-corrected chi connectivity index (χ3v) is 3.29. The summed E-state index contributed by atoms with van der Waals surface area (Å²) < 4.78 is 0.882. The molecule has 0 fully saturated rings. The molecule has 0 amide bonds. The molecule has 0 saturated carbocycles. The third kappa shape index (κ3) is 1.79. The summed E-state index contributed by atoms with van der Waals surface area (Å²) in [5.74, 6) is 0. The van der Waals surface area contributed by atoms with Gasteiger partial charge in [0.05, 0.1) is 12.1 Å². The third-order valence-electron chi connectivity index (χ3n) is 2.68. The molecule has 0 unspecified atom stereocenters. The predicted octanol–water partition coefficient (Wildman–Crippen LogP) is 2.60. The Kier molecular flexibility index (Phi) is 2.56. The van der Waals surface area contributed by atoms with Crippen molar-refractivity contribution in [1.29, 1.82) is 0 Å². The first-order valence-corrected chi connectivity index (χ1v) is 5.59. The Morgan fingerprint density at radius 1 is 1.47 bits per heavy atom. The number of fused-ring (bicyclic) bond motifs is 1. The number of hydrogen-bond donors (Lipinski definition) is 2. The molecule has 0 aliphatic heterocycles. The lowest BCUT2D eigenvalue weighted by molar-refractivity contribution is 0.218. The average molecular weight is 269 g/mol. The Morgan fingerprint density at radius 3 is 2.87 bits per heavy atom. The molecule has 2 rings (SSSR count). The topological polar surface area (TPSA) is 48.9 Å². The van der Waals surface area contributed by atoms with Crippen molar-refractivity contribution < 1.29 is 5.11 Å². The number of aromatic nitrogens is 2. The van der Waals surface area contributed by atoms with E-state index in [2.05, 4.69) is 32.2 Å². The molecule has 2 aromatic rings. The Bertz CT molecular complexity index is 490. The maximum Gasteiger partial charge on any atom is 0.108 e. The summed E-state index contributed by atoms with van der Waals surface area (Å²) in [6.07, 6.45) is 0. The fraction of sp³-hybridized carbons (Fsp3) is 0.364. The van der Waals surface area contributed by atoms with E-state index in [1.807, 2.05) is 26.0 Å². The van der Waals surface area contributed by atoms with E-state index in [1.54, 1.807) is 0 Å². The van der Waals surface area contributed by atoms with E-state index in [0.717, 1.165) is 21.1 Å². The molecule has 4 heteroatoms. The summed E-state index contributed by atoms with van der Waals surface area (Å²) in [6, 6.07) is 6.02. The lowest BCUT2D eigenvalue weighted by atomic mass is 9.85. The highest BCUT2D eigenvalue weighted by Crippen LogP contribution is 2.28. The highest BCUT2D eigenvalue weighted by Gasteiger charge is 2.20. The zero-order chi connectivity index (χ0) is 11.1. The van der Waals surface area contributed by atoms with Gasteiger partial charge in [0.25, 0.3) is 0 Å². The van der Waals surface area contributed by atoms with Crippen LogP contribution >= 0.6 is 15.9 Å². The number of aliphatic hydroxyl groups excluding tert-OH is 1. The van der Waals surface area contributed by atoms with Gasteiger partial charge in [0, 0.05) is 10.8 Å². The molecule has 1 aromatic carbocycles. The van der Waals surface area contributed by atoms with Crippen LogP contribution in [0.4, 0.5) is 0 Å². The smallest absolute Gasteiger partial charge is 0.108 e. The number of aliphatic hydroxyl groups is 1. The monoisotopic (exact) mass is 268 g/mol. The molecule has 0 bridgehead atoms. The molecule has 3 nitrogen and oxygen atoms in total. The summed E-state index contributed by atoms with van der Waals surface area (Å²) in [6.45, 7) is 4.16. The van der Waals surface area contributed by atoms with Crippen molar-refractivity contribution in [3.63, 3.8) is 0 Å². The minimum atomic E-state index is -0.217. The molecule has 0 spiro atoms. The normalized spacial score (nSPS) is 12.3. The second kappa shape index (κ2) is 3.61. The van der Waals surface area contributed by atoms with Crippen LogP contribution in [0.2, 0.25) is 0 Å². The van der Waals surface area contributed by atoms with E-state index in [9.17, 15) is 5.11 Å². The van der Waals surface area contributed by atoms with Crippen LogP contribution in [-0.2, 0) is 5.41 Å². The van der Waals surface area contributed by atoms with Crippen molar-refractivity contribution >= 4 is 26.8 Å². The molecule has 15 heavy (non-hydrogen) atoms. The summed E-state index contributed by atoms with van der Waals surface area (Å²) >= 11 is 3.41. The van der Waals surface area contributed by atoms with Gasteiger partial charge in [0.15, 0.2) is 0 Å². The number of aromatic amines is 1. The van der Waals surface area contributed by atoms with Gasteiger partial charge >= 0.3 is 0 Å². The fourth-order valence-corrected chi connectivity index (χ4v) is 1.90. The minimum absolute atomic E-state index is 0.133. The maximum atomic E-state index is 9.30. The van der Waals surface area contributed by atoms with Crippen LogP contribution in [0, 0.1) is 0 Å². The van der Waals surface area contributed by atoms with Gasteiger partial charge in [-0.1, -0.05) is 19.9 Å². The van der Waals surface area contributed by atoms with Crippen LogP contribution in [0.1, 0.15) is 19.4 Å². The van der Waals surface area contributed by atoms with Crippen LogP contribution in [0.25, 0.3) is 10.9 Å². The highest BCUT2D eigenvalue weighted by molar-refractivity contribution is 9.10. The Hall–Kier alpha value is -0.870. The summed E-state index contributed by atoms with van der Waals surface area (Å²) in [5.41, 5.74) is 1.82. The second-order valence-electron chi connectivity index (χ2n) is 4.31. The second-order valence-corrected chi connectivity index (χ2v) is 5.10. The lowest BCUT2D eigenvalue weighted by Crippen LogP contribution is -2.21. The van der Waals surface area contributed by atoms with Crippen molar-refractivity contribution in [3.8, 4) is 0 Å². The van der Waals surface area contributed by atoms with E-state index >= 15 is 0 Å². The largest absolute Gasteiger partial charge is 0.395 e. The lowest BCUT2D eigenvalue weighted by Gasteiger charge is -2.22. The van der Waals surface area contributed by atoms with Crippen LogP contribution in [-0.4, -0.2) is 21.9 Å². The SMILES string of the molecule is CC(C)(CO)c1ccc2n[nH]c(Br)c2c1. The van der Waals surface area contributed by atoms with Crippen LogP contribution < -0.4 is 0 Å². The quantitative estimate of drug-likeness (QED) is 0.880. The van der Waals surface area contributed by atoms with Gasteiger partial charge in [-0.15, -0.1) is 0 Å². The number of rotatable bonds is 2. The van der Waals surface area contributed by atoms with Gasteiger partial charge in [0.1, 0.15) is 4.60 Å². The molecule has 0 atom stereocenters. The molecule has 0 aliphatic carbocycles. The predicted molar refractivity (Wildman–Crippen MR) is 63.9 cm³/mol. The molecule has 80 valence electrons. The first-order valence-electron chi connectivity index (χ1n) is 4.79. The maximum absolute atomic E-state index is 9.30. The molecule has 2 N–H and O–H groups in total. The minimum Gasteiger partial charge on any atom is -0.395 e. The zero-order valence-electron chi connectivity index (χ0n) is 8.71. The number of nitrogens with zero attached hydrogens (tertiary/aromatic N) is 1. The summed E-state index contributed by atoms with van der Waals surface area (Å²) in [7, 11) is 0. The van der Waals surface area contributed by atoms with E-state index in [0.29, 0.717) is 0 Å².